The predicted molar refractivity (Wildman–Crippen MR) is 74.9 cm³/mol. The van der Waals surface area contributed by atoms with Gasteiger partial charge in [0.25, 0.3) is 0 Å². The van der Waals surface area contributed by atoms with Gasteiger partial charge in [0.05, 0.1) is 6.61 Å². The minimum Gasteiger partial charge on any atom is -0.464 e. The lowest BCUT2D eigenvalue weighted by molar-refractivity contribution is -0.147. The minimum atomic E-state index is -0.789. The van der Waals surface area contributed by atoms with E-state index in [1.54, 1.807) is 38.1 Å². The number of carbonyl (C=O) groups excluding carboxylic acids is 2. The van der Waals surface area contributed by atoms with Crippen LogP contribution in [0.5, 0.6) is 0 Å². The third-order valence-electron chi connectivity index (χ3n) is 2.44. The van der Waals surface area contributed by atoms with Crippen LogP contribution in [0.4, 0.5) is 0 Å². The Hall–Kier alpha value is -1.59. The van der Waals surface area contributed by atoms with Gasteiger partial charge in [-0.1, -0.05) is 30.3 Å². The van der Waals surface area contributed by atoms with Crippen LogP contribution in [-0.4, -0.2) is 24.5 Å². The third kappa shape index (κ3) is 5.28. The monoisotopic (exact) mass is 286 g/mol. The molecule has 3 N–H and O–H groups in total. The topological polar surface area (TPSA) is 81.4 Å². The second-order valence-corrected chi connectivity index (χ2v) is 3.87. The number of nitrogens with two attached hydrogens (primary N) is 1. The van der Waals surface area contributed by atoms with Gasteiger partial charge in [0.1, 0.15) is 12.1 Å². The zero-order valence-electron chi connectivity index (χ0n) is 11.0. The summed E-state index contributed by atoms with van der Waals surface area (Å²) in [6.07, 6.45) is 0. The molecule has 0 bridgehead atoms. The van der Waals surface area contributed by atoms with Crippen LogP contribution in [0.1, 0.15) is 25.5 Å². The SMILES string of the molecule is CCOC(=O)[C@H](C)NC(=O)[C@@H](N)c1ccccc1.Cl. The fourth-order valence-corrected chi connectivity index (χ4v) is 1.44. The van der Waals surface area contributed by atoms with Crippen LogP contribution in [0, 0.1) is 0 Å². The second-order valence-electron chi connectivity index (χ2n) is 3.87. The maximum Gasteiger partial charge on any atom is 0.328 e. The average Bonchev–Trinajstić information content (AvgIpc) is 2.39. The lowest BCUT2D eigenvalue weighted by atomic mass is 10.1. The maximum absolute atomic E-state index is 11.8. The van der Waals surface area contributed by atoms with Crippen LogP contribution in [0.15, 0.2) is 30.3 Å². The third-order valence-corrected chi connectivity index (χ3v) is 2.44. The summed E-state index contributed by atoms with van der Waals surface area (Å²) in [5, 5.41) is 2.52. The van der Waals surface area contributed by atoms with Gasteiger partial charge in [-0.25, -0.2) is 4.79 Å². The van der Waals surface area contributed by atoms with Gasteiger partial charge in [-0.3, -0.25) is 4.79 Å². The molecule has 5 nitrogen and oxygen atoms in total. The predicted octanol–water partition coefficient (Wildman–Crippen LogP) is 1.18. The van der Waals surface area contributed by atoms with E-state index in [1.807, 2.05) is 6.07 Å². The zero-order valence-corrected chi connectivity index (χ0v) is 11.8. The molecule has 0 aliphatic carbocycles. The summed E-state index contributed by atoms with van der Waals surface area (Å²) in [4.78, 5) is 23.2. The molecule has 0 aromatic heterocycles. The number of halogens is 1. The van der Waals surface area contributed by atoms with Crippen LogP contribution < -0.4 is 11.1 Å². The van der Waals surface area contributed by atoms with Crippen molar-refractivity contribution in [3.8, 4) is 0 Å². The molecule has 0 aliphatic rings. The van der Waals surface area contributed by atoms with Crippen molar-refractivity contribution in [2.45, 2.75) is 25.9 Å². The maximum atomic E-state index is 11.8. The van der Waals surface area contributed by atoms with Crippen LogP contribution in [0.25, 0.3) is 0 Å². The number of rotatable bonds is 5. The van der Waals surface area contributed by atoms with Crippen molar-refractivity contribution in [1.82, 2.24) is 5.32 Å². The van der Waals surface area contributed by atoms with Gasteiger partial charge in [-0.2, -0.15) is 0 Å². The summed E-state index contributed by atoms with van der Waals surface area (Å²) < 4.78 is 4.80. The number of hydrogen-bond donors (Lipinski definition) is 2. The van der Waals surface area contributed by atoms with Crippen LogP contribution in [0.3, 0.4) is 0 Å². The minimum absolute atomic E-state index is 0. The van der Waals surface area contributed by atoms with Gasteiger partial charge < -0.3 is 15.8 Å². The molecular weight excluding hydrogens is 268 g/mol. The summed E-state index contributed by atoms with van der Waals surface area (Å²) >= 11 is 0. The van der Waals surface area contributed by atoms with Crippen molar-refractivity contribution < 1.29 is 14.3 Å². The summed E-state index contributed by atoms with van der Waals surface area (Å²) in [7, 11) is 0. The van der Waals surface area contributed by atoms with E-state index in [0.29, 0.717) is 5.56 Å². The Morgan fingerprint density at radius 3 is 2.42 bits per heavy atom. The molecule has 0 aliphatic heterocycles. The molecule has 0 saturated heterocycles. The van der Waals surface area contributed by atoms with E-state index < -0.39 is 24.0 Å². The Balaban J connectivity index is 0.00000324. The van der Waals surface area contributed by atoms with Crippen molar-refractivity contribution in [2.24, 2.45) is 5.73 Å². The van der Waals surface area contributed by atoms with Gasteiger partial charge in [0.2, 0.25) is 5.91 Å². The van der Waals surface area contributed by atoms with Gasteiger partial charge >= 0.3 is 5.97 Å². The van der Waals surface area contributed by atoms with E-state index in [-0.39, 0.29) is 19.0 Å². The smallest absolute Gasteiger partial charge is 0.328 e. The summed E-state index contributed by atoms with van der Waals surface area (Å²) in [5.41, 5.74) is 6.50. The highest BCUT2D eigenvalue weighted by atomic mass is 35.5. The lowest BCUT2D eigenvalue weighted by Gasteiger charge is -2.16. The Morgan fingerprint density at radius 1 is 1.32 bits per heavy atom. The number of amides is 1. The fraction of sp³-hybridized carbons (Fsp3) is 0.385. The normalized spacial score (nSPS) is 12.8. The van der Waals surface area contributed by atoms with Gasteiger partial charge in [0.15, 0.2) is 0 Å². The Bertz CT molecular complexity index is 412. The molecule has 1 rings (SSSR count). The first-order valence-electron chi connectivity index (χ1n) is 5.83. The van der Waals surface area contributed by atoms with E-state index in [0.717, 1.165) is 0 Å². The van der Waals surface area contributed by atoms with E-state index in [2.05, 4.69) is 5.32 Å². The first-order valence-corrected chi connectivity index (χ1v) is 5.83. The highest BCUT2D eigenvalue weighted by Crippen LogP contribution is 2.09. The highest BCUT2D eigenvalue weighted by molar-refractivity contribution is 5.87. The van der Waals surface area contributed by atoms with Crippen molar-refractivity contribution in [3.05, 3.63) is 35.9 Å². The standard InChI is InChI=1S/C13H18N2O3.ClH/c1-3-18-13(17)9(2)15-12(16)11(14)10-7-5-4-6-8-10;/h4-9,11H,3,14H2,1-2H3,(H,15,16);1H/t9-,11-;/m0./s1. The van der Waals surface area contributed by atoms with Crippen LogP contribution in [0.2, 0.25) is 0 Å². The summed E-state index contributed by atoms with van der Waals surface area (Å²) in [6.45, 7) is 3.56. The number of esters is 1. The molecule has 0 unspecified atom stereocenters. The van der Waals surface area contributed by atoms with Gasteiger partial charge in [-0.05, 0) is 19.4 Å². The van der Waals surface area contributed by atoms with E-state index >= 15 is 0 Å². The second kappa shape index (κ2) is 8.50. The largest absolute Gasteiger partial charge is 0.464 e. The van der Waals surface area contributed by atoms with Crippen LogP contribution in [-0.2, 0) is 14.3 Å². The molecule has 0 saturated carbocycles. The first-order chi connectivity index (χ1) is 8.56. The molecule has 106 valence electrons. The van der Waals surface area contributed by atoms with Gasteiger partial charge in [-0.15, -0.1) is 12.4 Å². The lowest BCUT2D eigenvalue weighted by Crippen LogP contribution is -2.43. The Kier molecular flexibility index (Phi) is 7.79. The molecule has 1 amide bonds. The Morgan fingerprint density at radius 2 is 1.89 bits per heavy atom. The van der Waals surface area contributed by atoms with Crippen LogP contribution >= 0.6 is 12.4 Å². The van der Waals surface area contributed by atoms with Crippen molar-refractivity contribution in [1.29, 1.82) is 0 Å². The quantitative estimate of drug-likeness (QED) is 0.796. The Labute approximate surface area is 118 Å². The first kappa shape index (κ1) is 17.4. The molecule has 0 spiro atoms. The molecule has 0 fully saturated rings. The molecular formula is C13H19ClN2O3. The number of ether oxygens (including phenoxy) is 1. The van der Waals surface area contributed by atoms with Crippen molar-refractivity contribution in [3.63, 3.8) is 0 Å². The van der Waals surface area contributed by atoms with E-state index in [4.69, 9.17) is 10.5 Å². The number of carbonyl (C=O) groups is 2. The summed E-state index contributed by atoms with van der Waals surface area (Å²) in [5.74, 6) is -0.868. The summed E-state index contributed by atoms with van der Waals surface area (Å²) in [6, 6.07) is 7.48. The highest BCUT2D eigenvalue weighted by Gasteiger charge is 2.21. The molecule has 1 aromatic carbocycles. The molecule has 2 atom stereocenters. The number of hydrogen-bond acceptors (Lipinski definition) is 4. The van der Waals surface area contributed by atoms with Crippen molar-refractivity contribution in [2.75, 3.05) is 6.61 Å². The molecule has 1 aromatic rings. The number of nitrogens with one attached hydrogen (secondary N) is 1. The zero-order chi connectivity index (χ0) is 13.5. The van der Waals surface area contributed by atoms with Gasteiger partial charge in [0, 0.05) is 0 Å². The molecule has 6 heteroatoms. The van der Waals surface area contributed by atoms with E-state index in [1.165, 1.54) is 0 Å². The van der Waals surface area contributed by atoms with E-state index in [9.17, 15) is 9.59 Å². The molecule has 19 heavy (non-hydrogen) atoms. The molecule has 0 radical (unpaired) electrons. The average molecular weight is 287 g/mol. The molecule has 0 heterocycles. The van der Waals surface area contributed by atoms with Crippen molar-refractivity contribution >= 4 is 24.3 Å². The number of benzene rings is 1. The fourth-order valence-electron chi connectivity index (χ4n) is 1.44.